The lowest BCUT2D eigenvalue weighted by Gasteiger charge is -2.13. The van der Waals surface area contributed by atoms with Crippen LogP contribution in [0.25, 0.3) is 0 Å². The molecule has 0 bridgehead atoms. The van der Waals surface area contributed by atoms with Gasteiger partial charge in [-0.1, -0.05) is 39.5 Å². The molecule has 3 heteroatoms. The van der Waals surface area contributed by atoms with Crippen LogP contribution < -0.4 is 5.32 Å². The molecule has 0 aromatic rings. The molecule has 0 aromatic carbocycles. The fourth-order valence-electron chi connectivity index (χ4n) is 1.58. The summed E-state index contributed by atoms with van der Waals surface area (Å²) < 4.78 is 0. The van der Waals surface area contributed by atoms with Gasteiger partial charge in [-0.2, -0.15) is 11.8 Å². The van der Waals surface area contributed by atoms with Crippen LogP contribution in [0, 0.1) is 0 Å². The van der Waals surface area contributed by atoms with Gasteiger partial charge >= 0.3 is 0 Å². The first-order chi connectivity index (χ1) is 7.70. The zero-order valence-electron chi connectivity index (χ0n) is 11.1. The summed E-state index contributed by atoms with van der Waals surface area (Å²) in [5, 5.41) is 3.06. The highest BCUT2D eigenvalue weighted by molar-refractivity contribution is 7.99. The van der Waals surface area contributed by atoms with Crippen molar-refractivity contribution in [1.82, 2.24) is 5.32 Å². The van der Waals surface area contributed by atoms with Crippen LogP contribution in [0.2, 0.25) is 0 Å². The van der Waals surface area contributed by atoms with E-state index in [0.717, 1.165) is 18.6 Å². The molecule has 0 saturated carbocycles. The fourth-order valence-corrected chi connectivity index (χ4v) is 2.28. The summed E-state index contributed by atoms with van der Waals surface area (Å²) in [4.78, 5) is 11.5. The van der Waals surface area contributed by atoms with Crippen LogP contribution in [0.15, 0.2) is 0 Å². The minimum atomic E-state index is 0.196. The number of thioether (sulfide) groups is 1. The summed E-state index contributed by atoms with van der Waals surface area (Å²) in [6.07, 6.45) is 7.37. The molecule has 1 unspecified atom stereocenters. The van der Waals surface area contributed by atoms with E-state index in [-0.39, 0.29) is 5.91 Å². The normalized spacial score (nSPS) is 12.4. The summed E-state index contributed by atoms with van der Waals surface area (Å²) in [7, 11) is 0. The van der Waals surface area contributed by atoms with Crippen molar-refractivity contribution in [1.29, 1.82) is 0 Å². The smallest absolute Gasteiger partial charge is 0.230 e. The molecule has 0 aliphatic heterocycles. The van der Waals surface area contributed by atoms with Gasteiger partial charge in [0.2, 0.25) is 5.91 Å². The highest BCUT2D eigenvalue weighted by atomic mass is 32.2. The second-order valence-corrected chi connectivity index (χ2v) is 5.48. The third kappa shape index (κ3) is 10.3. The van der Waals surface area contributed by atoms with Crippen molar-refractivity contribution in [3.8, 4) is 0 Å². The highest BCUT2D eigenvalue weighted by Gasteiger charge is 2.06. The average molecular weight is 245 g/mol. The van der Waals surface area contributed by atoms with Crippen molar-refractivity contribution in [3.63, 3.8) is 0 Å². The van der Waals surface area contributed by atoms with Crippen molar-refractivity contribution in [2.45, 2.75) is 65.3 Å². The Balaban J connectivity index is 3.39. The van der Waals surface area contributed by atoms with Gasteiger partial charge in [-0.3, -0.25) is 4.79 Å². The quantitative estimate of drug-likeness (QED) is 0.596. The summed E-state index contributed by atoms with van der Waals surface area (Å²) >= 11 is 1.72. The van der Waals surface area contributed by atoms with Gasteiger partial charge in [0.05, 0.1) is 5.75 Å². The zero-order chi connectivity index (χ0) is 12.2. The van der Waals surface area contributed by atoms with E-state index in [2.05, 4.69) is 26.1 Å². The molecular weight excluding hydrogens is 218 g/mol. The maximum Gasteiger partial charge on any atom is 0.230 e. The molecular formula is C13H27NOS. The summed E-state index contributed by atoms with van der Waals surface area (Å²) in [6, 6.07) is 0.339. The monoisotopic (exact) mass is 245 g/mol. The topological polar surface area (TPSA) is 29.1 Å². The van der Waals surface area contributed by atoms with Gasteiger partial charge in [-0.25, -0.2) is 0 Å². The molecule has 96 valence electrons. The van der Waals surface area contributed by atoms with Crippen molar-refractivity contribution >= 4 is 17.7 Å². The van der Waals surface area contributed by atoms with Gasteiger partial charge in [0, 0.05) is 6.04 Å². The Morgan fingerprint density at radius 3 is 2.56 bits per heavy atom. The van der Waals surface area contributed by atoms with Crippen molar-refractivity contribution in [2.24, 2.45) is 0 Å². The van der Waals surface area contributed by atoms with E-state index in [1.165, 1.54) is 25.7 Å². The molecule has 1 N–H and O–H groups in total. The number of carbonyl (C=O) groups excluding carboxylic acids is 1. The Kier molecular flexibility index (Phi) is 11.2. The van der Waals surface area contributed by atoms with E-state index >= 15 is 0 Å². The molecule has 0 rings (SSSR count). The van der Waals surface area contributed by atoms with Crippen molar-refractivity contribution < 1.29 is 4.79 Å². The Morgan fingerprint density at radius 2 is 1.94 bits per heavy atom. The molecule has 0 radical (unpaired) electrons. The third-order valence-corrected chi connectivity index (χ3v) is 3.64. The lowest BCUT2D eigenvalue weighted by Crippen LogP contribution is -2.33. The van der Waals surface area contributed by atoms with Crippen LogP contribution in [0.5, 0.6) is 0 Å². The number of nitrogens with one attached hydrogen (secondary N) is 1. The maximum atomic E-state index is 11.5. The Labute approximate surface area is 105 Å². The molecule has 0 aromatic heterocycles. The first-order valence-corrected chi connectivity index (χ1v) is 7.73. The average Bonchev–Trinajstić information content (AvgIpc) is 2.25. The van der Waals surface area contributed by atoms with Gasteiger partial charge in [-0.15, -0.1) is 0 Å². The number of hydrogen-bond donors (Lipinski definition) is 1. The summed E-state index contributed by atoms with van der Waals surface area (Å²) in [6.45, 7) is 6.46. The lowest BCUT2D eigenvalue weighted by atomic mass is 10.1. The predicted octanol–water partition coefficient (Wildman–Crippen LogP) is 3.60. The zero-order valence-corrected chi connectivity index (χ0v) is 11.9. The molecule has 0 heterocycles. The van der Waals surface area contributed by atoms with E-state index in [1.54, 1.807) is 11.8 Å². The minimum absolute atomic E-state index is 0.196. The highest BCUT2D eigenvalue weighted by Crippen LogP contribution is 2.06. The largest absolute Gasteiger partial charge is 0.353 e. The van der Waals surface area contributed by atoms with E-state index in [9.17, 15) is 4.79 Å². The van der Waals surface area contributed by atoms with E-state index in [4.69, 9.17) is 0 Å². The second kappa shape index (κ2) is 11.3. The van der Waals surface area contributed by atoms with Crippen LogP contribution >= 0.6 is 11.8 Å². The van der Waals surface area contributed by atoms with Crippen LogP contribution in [0.4, 0.5) is 0 Å². The molecule has 0 aliphatic carbocycles. The first kappa shape index (κ1) is 15.8. The van der Waals surface area contributed by atoms with E-state index < -0.39 is 0 Å². The first-order valence-electron chi connectivity index (χ1n) is 6.57. The Morgan fingerprint density at radius 1 is 1.19 bits per heavy atom. The van der Waals surface area contributed by atoms with Crippen LogP contribution in [0.1, 0.15) is 59.3 Å². The lowest BCUT2D eigenvalue weighted by molar-refractivity contribution is -0.119. The molecule has 0 aliphatic rings. The standard InChI is InChI=1S/C13H27NOS/c1-4-6-7-8-9-12(3)14-13(15)11-16-10-5-2/h12H,4-11H2,1-3H3,(H,14,15). The van der Waals surface area contributed by atoms with Crippen LogP contribution in [0.3, 0.4) is 0 Å². The van der Waals surface area contributed by atoms with E-state index in [0.29, 0.717) is 11.8 Å². The van der Waals surface area contributed by atoms with Gasteiger partial charge in [0.25, 0.3) is 0 Å². The van der Waals surface area contributed by atoms with Crippen LogP contribution in [-0.4, -0.2) is 23.5 Å². The van der Waals surface area contributed by atoms with Crippen molar-refractivity contribution in [2.75, 3.05) is 11.5 Å². The molecule has 1 atom stereocenters. The molecule has 0 fully saturated rings. The summed E-state index contributed by atoms with van der Waals surface area (Å²) in [5.41, 5.74) is 0. The Hall–Kier alpha value is -0.180. The fraction of sp³-hybridized carbons (Fsp3) is 0.923. The van der Waals surface area contributed by atoms with Gasteiger partial charge in [0.1, 0.15) is 0 Å². The number of amides is 1. The SMILES string of the molecule is CCCCCCC(C)NC(=O)CSCCC. The maximum absolute atomic E-state index is 11.5. The minimum Gasteiger partial charge on any atom is -0.353 e. The van der Waals surface area contributed by atoms with Crippen LogP contribution in [-0.2, 0) is 4.79 Å². The molecule has 2 nitrogen and oxygen atoms in total. The Bertz CT molecular complexity index is 173. The number of rotatable bonds is 10. The summed E-state index contributed by atoms with van der Waals surface area (Å²) in [5.74, 6) is 1.90. The van der Waals surface area contributed by atoms with Gasteiger partial charge < -0.3 is 5.32 Å². The van der Waals surface area contributed by atoms with Gasteiger partial charge in [-0.05, 0) is 25.5 Å². The molecule has 16 heavy (non-hydrogen) atoms. The second-order valence-electron chi connectivity index (χ2n) is 4.37. The third-order valence-electron chi connectivity index (χ3n) is 2.48. The van der Waals surface area contributed by atoms with Gasteiger partial charge in [0.15, 0.2) is 0 Å². The van der Waals surface area contributed by atoms with Crippen molar-refractivity contribution in [3.05, 3.63) is 0 Å². The predicted molar refractivity (Wildman–Crippen MR) is 74.0 cm³/mol. The molecule has 1 amide bonds. The number of hydrogen-bond acceptors (Lipinski definition) is 2. The number of unbranched alkanes of at least 4 members (excludes halogenated alkanes) is 3. The number of carbonyl (C=O) groups is 1. The van der Waals surface area contributed by atoms with E-state index in [1.807, 2.05) is 0 Å². The molecule has 0 spiro atoms. The molecule has 0 saturated heterocycles.